The summed E-state index contributed by atoms with van der Waals surface area (Å²) in [4.78, 5) is 19.1. The number of aryl methyl sites for hydroxylation is 1. The second-order valence-electron chi connectivity index (χ2n) is 6.98. The molecule has 1 aliphatic heterocycles. The second kappa shape index (κ2) is 7.72. The summed E-state index contributed by atoms with van der Waals surface area (Å²) >= 11 is 0. The molecule has 2 heterocycles. The zero-order valence-electron chi connectivity index (χ0n) is 16.1. The van der Waals surface area contributed by atoms with Gasteiger partial charge in [0.2, 0.25) is 0 Å². The number of imidazole rings is 1. The van der Waals surface area contributed by atoms with E-state index in [1.54, 1.807) is 25.6 Å². The van der Waals surface area contributed by atoms with Gasteiger partial charge < -0.3 is 14.2 Å². The van der Waals surface area contributed by atoms with Crippen molar-refractivity contribution < 1.29 is 9.53 Å². The van der Waals surface area contributed by atoms with Crippen LogP contribution in [0.1, 0.15) is 27.2 Å². The summed E-state index contributed by atoms with van der Waals surface area (Å²) in [5.41, 5.74) is 5.11. The minimum atomic E-state index is -0.0366. The van der Waals surface area contributed by atoms with Gasteiger partial charge in [-0.15, -0.1) is 0 Å². The van der Waals surface area contributed by atoms with E-state index in [9.17, 15) is 4.79 Å². The highest BCUT2D eigenvalue weighted by molar-refractivity contribution is 6.04. The number of ketones is 1. The van der Waals surface area contributed by atoms with Crippen LogP contribution in [0.4, 0.5) is 0 Å². The maximum atomic E-state index is 12.7. The zero-order chi connectivity index (χ0) is 19.5. The molecule has 0 saturated heterocycles. The molecule has 1 aliphatic rings. The van der Waals surface area contributed by atoms with E-state index < -0.39 is 0 Å². The molecule has 0 fully saturated rings. The van der Waals surface area contributed by atoms with Gasteiger partial charge in [-0.3, -0.25) is 4.79 Å². The molecule has 0 N–H and O–H groups in total. The lowest BCUT2D eigenvalue weighted by atomic mass is 10.0. The summed E-state index contributed by atoms with van der Waals surface area (Å²) in [5.74, 6) is 0.606. The van der Waals surface area contributed by atoms with E-state index in [4.69, 9.17) is 4.74 Å². The molecule has 28 heavy (non-hydrogen) atoms. The smallest absolute Gasteiger partial charge is 0.187 e. The van der Waals surface area contributed by atoms with Gasteiger partial charge in [-0.25, -0.2) is 4.98 Å². The molecule has 5 heteroatoms. The van der Waals surface area contributed by atoms with Gasteiger partial charge in [-0.1, -0.05) is 24.3 Å². The van der Waals surface area contributed by atoms with Crippen LogP contribution in [-0.2, 0) is 13.0 Å². The van der Waals surface area contributed by atoms with Crippen molar-refractivity contribution in [2.45, 2.75) is 19.9 Å². The molecule has 2 aromatic carbocycles. The van der Waals surface area contributed by atoms with Gasteiger partial charge in [0.25, 0.3) is 0 Å². The topological polar surface area (TPSA) is 47.4 Å². The number of methoxy groups -OCH3 is 1. The third kappa shape index (κ3) is 3.69. The Morgan fingerprint density at radius 3 is 2.75 bits per heavy atom. The summed E-state index contributed by atoms with van der Waals surface area (Å²) in [5, 5.41) is 0. The van der Waals surface area contributed by atoms with Crippen LogP contribution in [0.5, 0.6) is 5.75 Å². The molecular weight excluding hydrogens is 350 g/mol. The lowest BCUT2D eigenvalue weighted by Crippen LogP contribution is -2.25. The average molecular weight is 373 g/mol. The summed E-state index contributed by atoms with van der Waals surface area (Å²) in [7, 11) is 1.61. The van der Waals surface area contributed by atoms with Gasteiger partial charge >= 0.3 is 0 Å². The number of fused-ring (bicyclic) bond motifs is 1. The molecule has 0 aliphatic carbocycles. The van der Waals surface area contributed by atoms with Crippen LogP contribution in [0.3, 0.4) is 0 Å². The fraction of sp³-hybridized carbons (Fsp3) is 0.217. The molecule has 0 atom stereocenters. The minimum absolute atomic E-state index is 0.0366. The second-order valence-corrected chi connectivity index (χ2v) is 6.98. The maximum Gasteiger partial charge on any atom is 0.187 e. The minimum Gasteiger partial charge on any atom is -0.495 e. The lowest BCUT2D eigenvalue weighted by Gasteiger charge is -2.27. The van der Waals surface area contributed by atoms with Crippen LogP contribution in [0.15, 0.2) is 67.3 Å². The third-order valence-corrected chi connectivity index (χ3v) is 5.05. The summed E-state index contributed by atoms with van der Waals surface area (Å²) < 4.78 is 7.39. The Morgan fingerprint density at radius 1 is 1.18 bits per heavy atom. The molecule has 142 valence electrons. The van der Waals surface area contributed by atoms with Crippen LogP contribution >= 0.6 is 0 Å². The Balaban J connectivity index is 1.50. The maximum absolute atomic E-state index is 12.7. The quantitative estimate of drug-likeness (QED) is 0.502. The largest absolute Gasteiger partial charge is 0.495 e. The van der Waals surface area contributed by atoms with Crippen molar-refractivity contribution in [3.63, 3.8) is 0 Å². The SMILES string of the molecule is COc1cc(C(=O)C=CN2CCc3ccccc3C2)ccc1-n1cnc(C)c1. The van der Waals surface area contributed by atoms with E-state index >= 15 is 0 Å². The van der Waals surface area contributed by atoms with E-state index in [1.165, 1.54) is 11.1 Å². The Morgan fingerprint density at radius 2 is 2.00 bits per heavy atom. The van der Waals surface area contributed by atoms with Gasteiger partial charge in [-0.05, 0) is 42.7 Å². The number of rotatable bonds is 5. The molecule has 3 aromatic rings. The van der Waals surface area contributed by atoms with E-state index in [-0.39, 0.29) is 5.78 Å². The number of allylic oxidation sites excluding steroid dienone is 1. The molecule has 0 bridgehead atoms. The van der Waals surface area contributed by atoms with Crippen LogP contribution in [0.25, 0.3) is 5.69 Å². The summed E-state index contributed by atoms with van der Waals surface area (Å²) in [6, 6.07) is 14.0. The molecule has 1 aromatic heterocycles. The molecule has 0 spiro atoms. The van der Waals surface area contributed by atoms with Gasteiger partial charge in [-0.2, -0.15) is 0 Å². The molecule has 5 nitrogen and oxygen atoms in total. The van der Waals surface area contributed by atoms with Crippen molar-refractivity contribution in [1.82, 2.24) is 14.5 Å². The first kappa shape index (κ1) is 18.0. The highest BCUT2D eigenvalue weighted by atomic mass is 16.5. The Labute approximate surface area is 164 Å². The van der Waals surface area contributed by atoms with Crippen molar-refractivity contribution in [1.29, 1.82) is 0 Å². The first-order valence-electron chi connectivity index (χ1n) is 9.36. The fourth-order valence-corrected chi connectivity index (χ4v) is 3.51. The van der Waals surface area contributed by atoms with Crippen molar-refractivity contribution in [2.24, 2.45) is 0 Å². The average Bonchev–Trinajstić information content (AvgIpc) is 3.17. The summed E-state index contributed by atoms with van der Waals surface area (Å²) in [6.07, 6.45) is 8.21. The number of nitrogens with zero attached hydrogens (tertiary/aromatic N) is 3. The van der Waals surface area contributed by atoms with Crippen molar-refractivity contribution in [3.8, 4) is 11.4 Å². The van der Waals surface area contributed by atoms with Gasteiger partial charge in [0.15, 0.2) is 5.78 Å². The van der Waals surface area contributed by atoms with Gasteiger partial charge in [0, 0.05) is 37.1 Å². The number of carbonyl (C=O) groups excluding carboxylic acids is 1. The molecule has 0 saturated carbocycles. The van der Waals surface area contributed by atoms with E-state index in [0.29, 0.717) is 11.3 Å². The number of benzene rings is 2. The first-order valence-corrected chi connectivity index (χ1v) is 9.36. The van der Waals surface area contributed by atoms with Crippen LogP contribution in [-0.4, -0.2) is 33.9 Å². The van der Waals surface area contributed by atoms with Gasteiger partial charge in [0.05, 0.1) is 24.8 Å². The van der Waals surface area contributed by atoms with Crippen molar-refractivity contribution in [2.75, 3.05) is 13.7 Å². The molecular formula is C23H23N3O2. The highest BCUT2D eigenvalue weighted by Gasteiger charge is 2.14. The van der Waals surface area contributed by atoms with Crippen LogP contribution in [0, 0.1) is 6.92 Å². The first-order chi connectivity index (χ1) is 13.6. The van der Waals surface area contributed by atoms with Crippen molar-refractivity contribution >= 4 is 5.78 Å². The molecule has 0 radical (unpaired) electrons. The monoisotopic (exact) mass is 373 g/mol. The molecule has 4 rings (SSSR count). The number of hydrogen-bond acceptors (Lipinski definition) is 4. The predicted molar refractivity (Wildman–Crippen MR) is 109 cm³/mol. The highest BCUT2D eigenvalue weighted by Crippen LogP contribution is 2.25. The fourth-order valence-electron chi connectivity index (χ4n) is 3.51. The normalized spacial score (nSPS) is 13.6. The molecule has 0 unspecified atom stereocenters. The Hall–Kier alpha value is -3.34. The van der Waals surface area contributed by atoms with Crippen molar-refractivity contribution in [3.05, 3.63) is 89.6 Å². The zero-order valence-corrected chi connectivity index (χ0v) is 16.1. The Kier molecular flexibility index (Phi) is 4.98. The van der Waals surface area contributed by atoms with Crippen LogP contribution in [0.2, 0.25) is 0 Å². The number of ether oxygens (including phenoxy) is 1. The number of hydrogen-bond donors (Lipinski definition) is 0. The van der Waals surface area contributed by atoms with E-state index in [1.807, 2.05) is 36.0 Å². The molecule has 0 amide bonds. The van der Waals surface area contributed by atoms with E-state index in [0.717, 1.165) is 30.9 Å². The Bertz CT molecular complexity index is 1040. The van der Waals surface area contributed by atoms with Gasteiger partial charge in [0.1, 0.15) is 5.75 Å². The standard InChI is InChI=1S/C23H23N3O2/c1-17-14-26(16-24-17)21-8-7-19(13-23(21)28-2)22(27)10-12-25-11-9-18-5-3-4-6-20(18)15-25/h3-8,10,12-14,16H,9,11,15H2,1-2H3. The number of carbonyl (C=O) groups is 1. The number of aromatic nitrogens is 2. The lowest BCUT2D eigenvalue weighted by molar-refractivity contribution is 0.104. The van der Waals surface area contributed by atoms with E-state index in [2.05, 4.69) is 34.1 Å². The summed E-state index contributed by atoms with van der Waals surface area (Å²) in [6.45, 7) is 3.69. The van der Waals surface area contributed by atoms with Crippen LogP contribution < -0.4 is 4.74 Å². The predicted octanol–water partition coefficient (Wildman–Crippen LogP) is 3.94. The third-order valence-electron chi connectivity index (χ3n) is 5.05.